The molecule has 0 aromatic heterocycles. The van der Waals surface area contributed by atoms with Crippen LogP contribution in [-0.2, 0) is 27.3 Å². The quantitative estimate of drug-likeness (QED) is 0.160. The average molecular weight is 582 g/mol. The van der Waals surface area contributed by atoms with E-state index >= 15 is 0 Å². The van der Waals surface area contributed by atoms with Crippen LogP contribution in [0, 0.1) is 0 Å². The molecule has 1 fully saturated rings. The van der Waals surface area contributed by atoms with Crippen LogP contribution in [0.2, 0.25) is 0 Å². The highest BCUT2D eigenvalue weighted by atomic mass is 16.7. The van der Waals surface area contributed by atoms with Gasteiger partial charge in [0.15, 0.2) is 0 Å². The number of carbonyl (C=O) groups excluding carboxylic acids is 2. The number of ether oxygens (including phenoxy) is 3. The van der Waals surface area contributed by atoms with Gasteiger partial charge in [0, 0.05) is 39.2 Å². The zero-order chi connectivity index (χ0) is 29.8. The summed E-state index contributed by atoms with van der Waals surface area (Å²) in [5.41, 5.74) is 3.64. The van der Waals surface area contributed by atoms with Crippen molar-refractivity contribution in [2.75, 3.05) is 37.7 Å². The molecule has 2 aromatic rings. The summed E-state index contributed by atoms with van der Waals surface area (Å²) in [7, 11) is 0. The number of carbonyl (C=O) groups is 2. The minimum atomic E-state index is -0.612. The van der Waals surface area contributed by atoms with Crippen LogP contribution in [0.4, 0.5) is 10.5 Å². The molecule has 42 heavy (non-hydrogen) atoms. The van der Waals surface area contributed by atoms with E-state index in [9.17, 15) is 14.7 Å². The number of aliphatic hydroxyl groups excluding tert-OH is 1. The van der Waals surface area contributed by atoms with Crippen LogP contribution in [0.3, 0.4) is 0 Å². The normalized spacial score (nSPS) is 16.7. The highest BCUT2D eigenvalue weighted by Gasteiger charge is 2.30. The molecular weight excluding hydrogens is 534 g/mol. The molecule has 1 atom stereocenters. The van der Waals surface area contributed by atoms with Gasteiger partial charge in [-0.3, -0.25) is 4.79 Å². The van der Waals surface area contributed by atoms with Crippen molar-refractivity contribution in [1.29, 1.82) is 0 Å². The number of rotatable bonds is 18. The first kappa shape index (κ1) is 31.9. The molecule has 230 valence electrons. The smallest absolute Gasteiger partial charge is 0.329 e. The van der Waals surface area contributed by atoms with Gasteiger partial charge in [-0.15, -0.1) is 0 Å². The second kappa shape index (κ2) is 16.0. The van der Waals surface area contributed by atoms with Crippen LogP contribution >= 0.6 is 0 Å². The summed E-state index contributed by atoms with van der Waals surface area (Å²) in [5, 5.41) is 16.5. The molecule has 0 spiro atoms. The Labute approximate surface area is 249 Å². The van der Waals surface area contributed by atoms with Gasteiger partial charge in [0.05, 0.1) is 24.9 Å². The maximum absolute atomic E-state index is 11.9. The Hall–Kier alpha value is -2.98. The molecule has 1 saturated heterocycles. The predicted octanol–water partition coefficient (Wildman–Crippen LogP) is 5.39. The van der Waals surface area contributed by atoms with E-state index in [1.165, 1.54) is 4.90 Å². The van der Waals surface area contributed by atoms with Crippen molar-refractivity contribution < 1.29 is 28.9 Å². The highest BCUT2D eigenvalue weighted by Crippen LogP contribution is 2.32. The Morgan fingerprint density at radius 2 is 1.76 bits per heavy atom. The van der Waals surface area contributed by atoms with Gasteiger partial charge in [-0.05, 0) is 74.0 Å². The largest absolute Gasteiger partial charge is 0.463 e. The predicted molar refractivity (Wildman–Crippen MR) is 163 cm³/mol. The molecule has 4 rings (SSSR count). The fourth-order valence-corrected chi connectivity index (χ4v) is 5.25. The van der Waals surface area contributed by atoms with Crippen molar-refractivity contribution >= 4 is 17.6 Å². The third kappa shape index (κ3) is 9.80. The molecule has 0 aliphatic carbocycles. The first-order chi connectivity index (χ1) is 20.3. The van der Waals surface area contributed by atoms with Gasteiger partial charge in [0.25, 0.3) is 5.91 Å². The van der Waals surface area contributed by atoms with E-state index in [4.69, 9.17) is 14.2 Å². The number of imide groups is 1. The standard InChI is InChI=1S/C33H47N3O6/c1-33(2)41-24-27-21-26(15-16-30(27)42-33)29(37)22-34-17-8-4-6-10-19-40-18-9-5-3-7-12-25-13-11-14-28(20-25)36-31(38)23-35-32(36)39/h11,13-16,20-21,29,34,37H,3-10,12,17-19,22-24H2,1-2H3,(H,35,39)/t29-/m1/s1. The van der Waals surface area contributed by atoms with Gasteiger partial charge in [-0.25, -0.2) is 9.69 Å². The van der Waals surface area contributed by atoms with Gasteiger partial charge in [0.1, 0.15) is 5.75 Å². The molecule has 2 heterocycles. The third-order valence-electron chi connectivity index (χ3n) is 7.65. The van der Waals surface area contributed by atoms with Crippen LogP contribution in [-0.4, -0.2) is 55.7 Å². The van der Waals surface area contributed by atoms with E-state index in [0.29, 0.717) is 18.8 Å². The number of aliphatic hydroxyl groups is 1. The third-order valence-corrected chi connectivity index (χ3v) is 7.65. The van der Waals surface area contributed by atoms with E-state index in [2.05, 4.69) is 10.6 Å². The summed E-state index contributed by atoms with van der Waals surface area (Å²) >= 11 is 0. The Morgan fingerprint density at radius 1 is 1.00 bits per heavy atom. The summed E-state index contributed by atoms with van der Waals surface area (Å²) in [4.78, 5) is 25.0. The zero-order valence-corrected chi connectivity index (χ0v) is 25.2. The number of amides is 3. The monoisotopic (exact) mass is 581 g/mol. The summed E-state index contributed by atoms with van der Waals surface area (Å²) < 4.78 is 17.3. The molecular formula is C33H47N3O6. The Morgan fingerprint density at radius 3 is 2.52 bits per heavy atom. The number of unbranched alkanes of at least 4 members (excludes halogenated alkanes) is 6. The lowest BCUT2D eigenvalue weighted by atomic mass is 10.0. The van der Waals surface area contributed by atoms with Gasteiger partial charge >= 0.3 is 6.03 Å². The number of anilines is 1. The fourth-order valence-electron chi connectivity index (χ4n) is 5.25. The van der Waals surface area contributed by atoms with Crippen LogP contribution in [0.15, 0.2) is 42.5 Å². The maximum Gasteiger partial charge on any atom is 0.329 e. The summed E-state index contributed by atoms with van der Waals surface area (Å²) in [6.45, 7) is 7.39. The van der Waals surface area contributed by atoms with Crippen molar-refractivity contribution in [3.8, 4) is 5.75 Å². The number of benzene rings is 2. The fraction of sp³-hybridized carbons (Fsp3) is 0.576. The number of aryl methyl sites for hydroxylation is 1. The molecule has 2 aliphatic rings. The maximum atomic E-state index is 11.9. The minimum absolute atomic E-state index is 0.0680. The topological polar surface area (TPSA) is 109 Å². The second-order valence-corrected chi connectivity index (χ2v) is 11.6. The lowest BCUT2D eigenvalue weighted by Crippen LogP contribution is -2.35. The highest BCUT2D eigenvalue weighted by molar-refractivity contribution is 6.19. The summed E-state index contributed by atoms with van der Waals surface area (Å²) in [6.07, 6.45) is 9.24. The number of hydrogen-bond donors (Lipinski definition) is 3. The van der Waals surface area contributed by atoms with Crippen LogP contribution < -0.4 is 20.3 Å². The summed E-state index contributed by atoms with van der Waals surface area (Å²) in [6, 6.07) is 13.2. The molecule has 2 aromatic carbocycles. The van der Waals surface area contributed by atoms with Crippen molar-refractivity contribution in [1.82, 2.24) is 10.6 Å². The van der Waals surface area contributed by atoms with Gasteiger partial charge in [-0.2, -0.15) is 0 Å². The molecule has 0 bridgehead atoms. The first-order valence-corrected chi connectivity index (χ1v) is 15.4. The lowest BCUT2D eigenvalue weighted by molar-refractivity contribution is -0.180. The van der Waals surface area contributed by atoms with Gasteiger partial charge in [0.2, 0.25) is 5.79 Å². The van der Waals surface area contributed by atoms with Crippen LogP contribution in [0.25, 0.3) is 0 Å². The number of urea groups is 1. The van der Waals surface area contributed by atoms with Crippen LogP contribution in [0.5, 0.6) is 5.75 Å². The summed E-state index contributed by atoms with van der Waals surface area (Å²) in [5.74, 6) is 0.00343. The molecule has 3 N–H and O–H groups in total. The van der Waals surface area contributed by atoms with E-state index in [-0.39, 0.29) is 18.5 Å². The van der Waals surface area contributed by atoms with Crippen LogP contribution in [0.1, 0.15) is 88.0 Å². The molecule has 9 nitrogen and oxygen atoms in total. The lowest BCUT2D eigenvalue weighted by Gasteiger charge is -2.33. The molecule has 0 saturated carbocycles. The Balaban J connectivity index is 0.945. The van der Waals surface area contributed by atoms with Gasteiger partial charge < -0.3 is 30.0 Å². The molecule has 3 amide bonds. The zero-order valence-electron chi connectivity index (χ0n) is 25.2. The molecule has 0 radical (unpaired) electrons. The average Bonchev–Trinajstić information content (AvgIpc) is 3.31. The van der Waals surface area contributed by atoms with Crippen molar-refractivity contribution in [2.24, 2.45) is 0 Å². The van der Waals surface area contributed by atoms with Crippen molar-refractivity contribution in [3.63, 3.8) is 0 Å². The van der Waals surface area contributed by atoms with Crippen molar-refractivity contribution in [2.45, 2.75) is 90.1 Å². The Bertz CT molecular complexity index is 1150. The number of fused-ring (bicyclic) bond motifs is 1. The van der Waals surface area contributed by atoms with E-state index in [0.717, 1.165) is 100.0 Å². The first-order valence-electron chi connectivity index (χ1n) is 15.4. The van der Waals surface area contributed by atoms with Crippen molar-refractivity contribution in [3.05, 3.63) is 59.2 Å². The second-order valence-electron chi connectivity index (χ2n) is 11.6. The molecule has 2 aliphatic heterocycles. The minimum Gasteiger partial charge on any atom is -0.463 e. The van der Waals surface area contributed by atoms with E-state index in [1.807, 2.05) is 50.2 Å². The number of hydrogen-bond acceptors (Lipinski definition) is 7. The molecule has 0 unspecified atom stereocenters. The molecule has 9 heteroatoms. The van der Waals surface area contributed by atoms with Gasteiger partial charge in [-0.1, -0.05) is 43.9 Å². The SMILES string of the molecule is CC1(C)OCc2cc([C@H](O)CNCCCCCCOCCCCCCc3cccc(N4C(=O)CNC4=O)c3)ccc2O1. The van der Waals surface area contributed by atoms with E-state index in [1.54, 1.807) is 6.07 Å². The Kier molecular flexibility index (Phi) is 12.2. The van der Waals surface area contributed by atoms with E-state index < -0.39 is 11.9 Å². The number of nitrogens with one attached hydrogen (secondary N) is 2. The number of nitrogens with zero attached hydrogens (tertiary/aromatic N) is 1.